The fourth-order valence-corrected chi connectivity index (χ4v) is 3.39. The second-order valence-electron chi connectivity index (χ2n) is 7.59. The second kappa shape index (κ2) is 11.6. The third-order valence-corrected chi connectivity index (χ3v) is 5.18. The zero-order chi connectivity index (χ0) is 25.4. The van der Waals surface area contributed by atoms with Crippen LogP contribution in [0.25, 0.3) is 0 Å². The molecule has 1 aromatic heterocycles. The van der Waals surface area contributed by atoms with Gasteiger partial charge in [0.25, 0.3) is 11.8 Å². The number of ether oxygens (including phenoxy) is 1. The number of carbonyl (C=O) groups excluding carboxylic acids is 3. The van der Waals surface area contributed by atoms with Gasteiger partial charge >= 0.3 is 0 Å². The van der Waals surface area contributed by atoms with Crippen LogP contribution in [0.4, 0.5) is 5.95 Å². The Morgan fingerprint density at radius 1 is 1.14 bits per heavy atom. The van der Waals surface area contributed by atoms with Gasteiger partial charge in [-0.2, -0.15) is 0 Å². The van der Waals surface area contributed by atoms with E-state index in [4.69, 9.17) is 16.2 Å². The van der Waals surface area contributed by atoms with Gasteiger partial charge in [-0.25, -0.2) is 9.97 Å². The summed E-state index contributed by atoms with van der Waals surface area (Å²) in [6.45, 7) is 1.75. The molecule has 3 aromatic rings. The standard InChI is InChI=1S/C15H13NO4.C9H13N5O/c1-20-13-8-9(6-7-11(13)15(16)19)14(18)10-4-2-3-5-12(10)17;10-9-12-4-2-7(14-9)8(15)13-6-1-3-11-5-6/h2-8,17H,1H3,(H2,16,19);2,4,6,11H,1,3,5H2,(H,13,15)(H2,10,12,14)/t;6-/m.0/s1. The number of para-hydroxylation sites is 1. The normalized spacial score (nSPS) is 14.4. The summed E-state index contributed by atoms with van der Waals surface area (Å²) in [6.07, 6.45) is 2.43. The predicted octanol–water partition coefficient (Wildman–Crippen LogP) is 0.881. The van der Waals surface area contributed by atoms with E-state index in [2.05, 4.69) is 20.6 Å². The lowest BCUT2D eigenvalue weighted by molar-refractivity contribution is 0.0933. The van der Waals surface area contributed by atoms with Crippen molar-refractivity contribution in [2.24, 2.45) is 5.73 Å². The number of nitrogen functional groups attached to an aromatic ring is 1. The minimum atomic E-state index is -0.636. The first-order chi connectivity index (χ1) is 16.8. The van der Waals surface area contributed by atoms with Gasteiger partial charge in [0.2, 0.25) is 5.95 Å². The van der Waals surface area contributed by atoms with Crippen LogP contribution >= 0.6 is 0 Å². The molecule has 35 heavy (non-hydrogen) atoms. The molecule has 0 unspecified atom stereocenters. The summed E-state index contributed by atoms with van der Waals surface area (Å²) in [5, 5.41) is 15.7. The molecule has 0 saturated carbocycles. The van der Waals surface area contributed by atoms with Gasteiger partial charge in [-0.05, 0) is 49.4 Å². The summed E-state index contributed by atoms with van der Waals surface area (Å²) in [7, 11) is 1.38. The first kappa shape index (κ1) is 25.1. The number of hydrogen-bond acceptors (Lipinski definition) is 9. The van der Waals surface area contributed by atoms with Crippen molar-refractivity contribution in [3.05, 3.63) is 77.1 Å². The number of hydrogen-bond donors (Lipinski definition) is 5. The van der Waals surface area contributed by atoms with Crippen molar-refractivity contribution in [1.29, 1.82) is 0 Å². The van der Waals surface area contributed by atoms with Crippen LogP contribution < -0.4 is 26.8 Å². The fraction of sp³-hybridized carbons (Fsp3) is 0.208. The van der Waals surface area contributed by atoms with E-state index in [1.807, 2.05) is 0 Å². The number of primary amides is 1. The molecule has 7 N–H and O–H groups in total. The number of amides is 2. The number of nitrogens with one attached hydrogen (secondary N) is 2. The molecule has 1 aliphatic rings. The van der Waals surface area contributed by atoms with Crippen LogP contribution in [0.1, 0.15) is 43.2 Å². The Kier molecular flexibility index (Phi) is 8.30. The summed E-state index contributed by atoms with van der Waals surface area (Å²) >= 11 is 0. The zero-order valence-corrected chi connectivity index (χ0v) is 19.0. The maximum absolute atomic E-state index is 12.3. The minimum absolute atomic E-state index is 0.101. The molecule has 4 rings (SSSR count). The van der Waals surface area contributed by atoms with E-state index < -0.39 is 5.91 Å². The number of methoxy groups -OCH3 is 1. The number of benzene rings is 2. The van der Waals surface area contributed by atoms with Gasteiger partial charge in [0.15, 0.2) is 5.78 Å². The first-order valence-corrected chi connectivity index (χ1v) is 10.7. The Morgan fingerprint density at radius 3 is 2.54 bits per heavy atom. The Balaban J connectivity index is 0.000000203. The van der Waals surface area contributed by atoms with Crippen molar-refractivity contribution in [1.82, 2.24) is 20.6 Å². The number of carbonyl (C=O) groups is 3. The largest absolute Gasteiger partial charge is 0.507 e. The summed E-state index contributed by atoms with van der Waals surface area (Å²) in [6, 6.07) is 12.3. The number of aromatic nitrogens is 2. The highest BCUT2D eigenvalue weighted by Crippen LogP contribution is 2.24. The van der Waals surface area contributed by atoms with Gasteiger partial charge in [0.05, 0.1) is 18.2 Å². The number of phenolic OH excluding ortho intramolecular Hbond substituents is 1. The van der Waals surface area contributed by atoms with Gasteiger partial charge < -0.3 is 31.9 Å². The van der Waals surface area contributed by atoms with Gasteiger partial charge in [-0.1, -0.05) is 12.1 Å². The molecule has 2 amide bonds. The number of ketones is 1. The predicted molar refractivity (Wildman–Crippen MR) is 128 cm³/mol. The van der Waals surface area contributed by atoms with Crippen LogP contribution in [0.3, 0.4) is 0 Å². The average molecular weight is 479 g/mol. The monoisotopic (exact) mass is 478 g/mol. The SMILES string of the molecule is COc1cc(C(=O)c2ccccc2O)ccc1C(N)=O.Nc1nccc(C(=O)N[C@H]2CCNC2)n1. The lowest BCUT2D eigenvalue weighted by Gasteiger charge is -2.10. The molecule has 1 fully saturated rings. The molecule has 1 atom stereocenters. The molecule has 0 spiro atoms. The lowest BCUT2D eigenvalue weighted by atomic mass is 10.0. The molecule has 11 nitrogen and oxygen atoms in total. The molecule has 0 bridgehead atoms. The molecule has 182 valence electrons. The minimum Gasteiger partial charge on any atom is -0.507 e. The quantitative estimate of drug-likeness (QED) is 0.321. The summed E-state index contributed by atoms with van der Waals surface area (Å²) in [4.78, 5) is 42.7. The van der Waals surface area contributed by atoms with E-state index in [-0.39, 0.29) is 46.3 Å². The molecule has 1 aliphatic heterocycles. The zero-order valence-electron chi connectivity index (χ0n) is 19.0. The van der Waals surface area contributed by atoms with Crippen molar-refractivity contribution < 1.29 is 24.2 Å². The number of anilines is 1. The van der Waals surface area contributed by atoms with Crippen LogP contribution in [0, 0.1) is 0 Å². The molecule has 0 aliphatic carbocycles. The number of phenols is 1. The van der Waals surface area contributed by atoms with Crippen LogP contribution in [0.5, 0.6) is 11.5 Å². The van der Waals surface area contributed by atoms with Crippen molar-refractivity contribution >= 4 is 23.5 Å². The Labute approximate surface area is 201 Å². The second-order valence-corrected chi connectivity index (χ2v) is 7.59. The van der Waals surface area contributed by atoms with Crippen LogP contribution in [0.15, 0.2) is 54.7 Å². The highest BCUT2D eigenvalue weighted by atomic mass is 16.5. The number of nitrogens with zero attached hydrogens (tertiary/aromatic N) is 2. The Bertz CT molecular complexity index is 1230. The third-order valence-electron chi connectivity index (χ3n) is 5.18. The van der Waals surface area contributed by atoms with Crippen molar-refractivity contribution in [2.75, 3.05) is 25.9 Å². The summed E-state index contributed by atoms with van der Waals surface area (Å²) in [5.74, 6) is -0.958. The van der Waals surface area contributed by atoms with Crippen molar-refractivity contribution in [3.63, 3.8) is 0 Å². The number of aromatic hydroxyl groups is 1. The van der Waals surface area contributed by atoms with E-state index >= 15 is 0 Å². The molecule has 11 heteroatoms. The van der Waals surface area contributed by atoms with E-state index in [0.29, 0.717) is 11.3 Å². The van der Waals surface area contributed by atoms with Crippen LogP contribution in [-0.4, -0.2) is 58.9 Å². The summed E-state index contributed by atoms with van der Waals surface area (Å²) < 4.78 is 5.05. The molecule has 2 aromatic carbocycles. The Morgan fingerprint density at radius 2 is 1.91 bits per heavy atom. The third kappa shape index (κ3) is 6.51. The van der Waals surface area contributed by atoms with Crippen LogP contribution in [-0.2, 0) is 0 Å². The van der Waals surface area contributed by atoms with Gasteiger partial charge in [-0.15, -0.1) is 0 Å². The molecular formula is C24H26N6O5. The summed E-state index contributed by atoms with van der Waals surface area (Å²) in [5.41, 5.74) is 11.6. The smallest absolute Gasteiger partial charge is 0.270 e. The van der Waals surface area contributed by atoms with Crippen molar-refractivity contribution in [2.45, 2.75) is 12.5 Å². The van der Waals surface area contributed by atoms with Crippen molar-refractivity contribution in [3.8, 4) is 11.5 Å². The van der Waals surface area contributed by atoms with E-state index in [0.717, 1.165) is 19.5 Å². The van der Waals surface area contributed by atoms with E-state index in [1.54, 1.807) is 18.2 Å². The van der Waals surface area contributed by atoms with Gasteiger partial charge in [0.1, 0.15) is 17.2 Å². The maximum atomic E-state index is 12.3. The molecule has 0 radical (unpaired) electrons. The van der Waals surface area contributed by atoms with Gasteiger partial charge in [0, 0.05) is 24.3 Å². The topological polar surface area (TPSA) is 183 Å². The lowest BCUT2D eigenvalue weighted by Crippen LogP contribution is -2.36. The number of rotatable bonds is 6. The highest BCUT2D eigenvalue weighted by molar-refractivity contribution is 6.11. The van der Waals surface area contributed by atoms with Gasteiger partial charge in [-0.3, -0.25) is 14.4 Å². The van der Waals surface area contributed by atoms with E-state index in [1.165, 1.54) is 43.6 Å². The highest BCUT2D eigenvalue weighted by Gasteiger charge is 2.18. The van der Waals surface area contributed by atoms with E-state index in [9.17, 15) is 19.5 Å². The fourth-order valence-electron chi connectivity index (χ4n) is 3.39. The first-order valence-electron chi connectivity index (χ1n) is 10.7. The molecule has 2 heterocycles. The molecule has 1 saturated heterocycles. The van der Waals surface area contributed by atoms with Crippen LogP contribution in [0.2, 0.25) is 0 Å². The Hall–Kier alpha value is -4.51. The molecular weight excluding hydrogens is 452 g/mol. The number of nitrogens with two attached hydrogens (primary N) is 2. The maximum Gasteiger partial charge on any atom is 0.270 e. The average Bonchev–Trinajstić information content (AvgIpc) is 3.37.